The predicted octanol–water partition coefficient (Wildman–Crippen LogP) is 0.999. The number of carbonyl (C=O) groups is 2. The number of hydrogen-bond donors (Lipinski definition) is 1. The van der Waals surface area contributed by atoms with Gasteiger partial charge in [-0.05, 0) is 19.8 Å². The molecule has 0 unspecified atom stereocenters. The number of carboxylic acid groups (broad SMARTS) is 1. The van der Waals surface area contributed by atoms with E-state index in [0.29, 0.717) is 19.5 Å². The first-order valence-corrected chi connectivity index (χ1v) is 5.82. The number of nitrogens with zero attached hydrogens (tertiary/aromatic N) is 2. The Labute approximate surface area is 95.0 Å². The second-order valence-corrected chi connectivity index (χ2v) is 4.85. The molecule has 1 N–H and O–H groups in total. The molecular weight excluding hydrogens is 208 g/mol. The van der Waals surface area contributed by atoms with Crippen molar-refractivity contribution < 1.29 is 14.7 Å². The highest BCUT2D eigenvalue weighted by Gasteiger charge is 2.44. The summed E-state index contributed by atoms with van der Waals surface area (Å²) < 4.78 is 0. The number of rotatable bonds is 1. The van der Waals surface area contributed by atoms with Crippen LogP contribution in [0.25, 0.3) is 0 Å². The van der Waals surface area contributed by atoms with Crippen molar-refractivity contribution in [3.63, 3.8) is 0 Å². The molecule has 5 heteroatoms. The highest BCUT2D eigenvalue weighted by molar-refractivity contribution is 5.79. The van der Waals surface area contributed by atoms with E-state index < -0.39 is 6.09 Å². The average Bonchev–Trinajstić information content (AvgIpc) is 2.55. The summed E-state index contributed by atoms with van der Waals surface area (Å²) in [6.07, 6.45) is 1.41. The summed E-state index contributed by atoms with van der Waals surface area (Å²) in [5.74, 6) is 0.228. The number of piperidine rings is 1. The van der Waals surface area contributed by atoms with Gasteiger partial charge < -0.3 is 14.9 Å². The van der Waals surface area contributed by atoms with Crippen LogP contribution in [0.3, 0.4) is 0 Å². The van der Waals surface area contributed by atoms with Gasteiger partial charge >= 0.3 is 6.09 Å². The van der Waals surface area contributed by atoms with Crippen LogP contribution in [0, 0.1) is 5.41 Å². The summed E-state index contributed by atoms with van der Waals surface area (Å²) in [6.45, 7) is 4.71. The van der Waals surface area contributed by atoms with Gasteiger partial charge in [-0.25, -0.2) is 4.79 Å². The smallest absolute Gasteiger partial charge is 0.407 e. The lowest BCUT2D eigenvalue weighted by Gasteiger charge is -2.37. The predicted molar refractivity (Wildman–Crippen MR) is 58.1 cm³/mol. The molecule has 2 fully saturated rings. The van der Waals surface area contributed by atoms with Crippen molar-refractivity contribution in [3.8, 4) is 0 Å². The van der Waals surface area contributed by atoms with Gasteiger partial charge in [0.1, 0.15) is 0 Å². The zero-order chi connectivity index (χ0) is 11.8. The van der Waals surface area contributed by atoms with Crippen LogP contribution in [0.5, 0.6) is 0 Å². The lowest BCUT2D eigenvalue weighted by molar-refractivity contribution is -0.127. The van der Waals surface area contributed by atoms with E-state index in [9.17, 15) is 9.59 Å². The van der Waals surface area contributed by atoms with Crippen LogP contribution in [0.2, 0.25) is 0 Å². The minimum atomic E-state index is -0.841. The highest BCUT2D eigenvalue weighted by atomic mass is 16.4. The van der Waals surface area contributed by atoms with E-state index in [0.717, 1.165) is 25.9 Å². The van der Waals surface area contributed by atoms with Crippen molar-refractivity contribution in [1.29, 1.82) is 0 Å². The summed E-state index contributed by atoms with van der Waals surface area (Å²) >= 11 is 0. The van der Waals surface area contributed by atoms with Crippen molar-refractivity contribution in [2.75, 3.05) is 26.2 Å². The quantitative estimate of drug-likeness (QED) is 0.725. The van der Waals surface area contributed by atoms with E-state index in [1.54, 1.807) is 0 Å². The molecule has 2 aliphatic heterocycles. The number of hydrogen-bond acceptors (Lipinski definition) is 2. The summed E-state index contributed by atoms with van der Waals surface area (Å²) in [5, 5.41) is 8.87. The third-order valence-electron chi connectivity index (χ3n) is 3.88. The van der Waals surface area contributed by atoms with E-state index in [-0.39, 0.29) is 11.3 Å². The van der Waals surface area contributed by atoms with E-state index in [1.807, 2.05) is 11.8 Å². The van der Waals surface area contributed by atoms with Crippen molar-refractivity contribution in [1.82, 2.24) is 9.80 Å². The van der Waals surface area contributed by atoms with Gasteiger partial charge in [0.05, 0.1) is 0 Å². The number of likely N-dealkylation sites (tertiary alicyclic amines) is 2. The molecule has 1 spiro atoms. The zero-order valence-electron chi connectivity index (χ0n) is 9.61. The fourth-order valence-corrected chi connectivity index (χ4v) is 2.78. The van der Waals surface area contributed by atoms with Gasteiger partial charge in [-0.2, -0.15) is 0 Å². The standard InChI is InChI=1S/C11H18N2O3/c1-2-12-8-11(7-9(12)14)3-5-13(6-4-11)10(15)16/h2-8H2,1H3,(H,15,16). The summed E-state index contributed by atoms with van der Waals surface area (Å²) in [7, 11) is 0. The van der Waals surface area contributed by atoms with Gasteiger partial charge in [0.25, 0.3) is 0 Å². The van der Waals surface area contributed by atoms with Crippen molar-refractivity contribution in [2.24, 2.45) is 5.41 Å². The Morgan fingerprint density at radius 3 is 2.50 bits per heavy atom. The Balaban J connectivity index is 1.98. The fraction of sp³-hybridized carbons (Fsp3) is 0.818. The lowest BCUT2D eigenvalue weighted by Crippen LogP contribution is -2.43. The largest absolute Gasteiger partial charge is 0.465 e. The molecule has 0 aromatic carbocycles. The van der Waals surface area contributed by atoms with Crippen LogP contribution in [0.4, 0.5) is 4.79 Å². The first-order valence-electron chi connectivity index (χ1n) is 5.82. The Morgan fingerprint density at radius 1 is 1.44 bits per heavy atom. The molecular formula is C11H18N2O3. The normalized spacial score (nSPS) is 24.2. The van der Waals surface area contributed by atoms with Gasteiger partial charge in [-0.15, -0.1) is 0 Å². The Kier molecular flexibility index (Phi) is 2.78. The second kappa shape index (κ2) is 3.96. The Hall–Kier alpha value is -1.26. The van der Waals surface area contributed by atoms with Crippen LogP contribution < -0.4 is 0 Å². The topological polar surface area (TPSA) is 60.9 Å². The SMILES string of the molecule is CCN1CC2(CCN(C(=O)O)CC2)CC1=O. The van der Waals surface area contributed by atoms with E-state index in [1.165, 1.54) is 4.90 Å². The lowest BCUT2D eigenvalue weighted by atomic mass is 9.78. The van der Waals surface area contributed by atoms with Crippen molar-refractivity contribution >= 4 is 12.0 Å². The molecule has 16 heavy (non-hydrogen) atoms. The van der Waals surface area contributed by atoms with E-state index in [2.05, 4.69) is 0 Å². The summed E-state index contributed by atoms with van der Waals surface area (Å²) in [4.78, 5) is 25.8. The molecule has 0 aromatic heterocycles. The summed E-state index contributed by atoms with van der Waals surface area (Å²) in [6, 6.07) is 0. The maximum Gasteiger partial charge on any atom is 0.407 e. The molecule has 0 radical (unpaired) electrons. The Morgan fingerprint density at radius 2 is 2.06 bits per heavy atom. The third-order valence-corrected chi connectivity index (χ3v) is 3.88. The molecule has 0 bridgehead atoms. The van der Waals surface area contributed by atoms with Crippen molar-refractivity contribution in [3.05, 3.63) is 0 Å². The van der Waals surface area contributed by atoms with E-state index >= 15 is 0 Å². The van der Waals surface area contributed by atoms with Crippen LogP contribution in [0.15, 0.2) is 0 Å². The second-order valence-electron chi connectivity index (χ2n) is 4.85. The number of amides is 2. The average molecular weight is 226 g/mol. The van der Waals surface area contributed by atoms with Gasteiger partial charge in [-0.1, -0.05) is 0 Å². The molecule has 5 nitrogen and oxygen atoms in total. The molecule has 2 saturated heterocycles. The molecule has 0 aromatic rings. The summed E-state index contributed by atoms with van der Waals surface area (Å²) in [5.41, 5.74) is 0.0546. The maximum absolute atomic E-state index is 11.7. The van der Waals surface area contributed by atoms with Gasteiger partial charge in [0, 0.05) is 38.0 Å². The molecule has 2 aliphatic rings. The fourth-order valence-electron chi connectivity index (χ4n) is 2.78. The van der Waals surface area contributed by atoms with Crippen LogP contribution >= 0.6 is 0 Å². The molecule has 0 saturated carbocycles. The first-order chi connectivity index (χ1) is 7.56. The first kappa shape index (κ1) is 11.2. The van der Waals surface area contributed by atoms with Crippen LogP contribution in [0.1, 0.15) is 26.2 Å². The third kappa shape index (κ3) is 1.86. The zero-order valence-corrected chi connectivity index (χ0v) is 9.61. The monoisotopic (exact) mass is 226 g/mol. The molecule has 2 rings (SSSR count). The molecule has 2 amide bonds. The minimum Gasteiger partial charge on any atom is -0.465 e. The van der Waals surface area contributed by atoms with Crippen LogP contribution in [-0.4, -0.2) is 53.1 Å². The van der Waals surface area contributed by atoms with Gasteiger partial charge in [0.15, 0.2) is 0 Å². The van der Waals surface area contributed by atoms with Crippen LogP contribution in [-0.2, 0) is 4.79 Å². The van der Waals surface area contributed by atoms with Crippen molar-refractivity contribution in [2.45, 2.75) is 26.2 Å². The van der Waals surface area contributed by atoms with Gasteiger partial charge in [-0.3, -0.25) is 4.79 Å². The molecule has 0 aliphatic carbocycles. The molecule has 2 heterocycles. The van der Waals surface area contributed by atoms with Gasteiger partial charge in [0.2, 0.25) is 5.91 Å². The van der Waals surface area contributed by atoms with E-state index in [4.69, 9.17) is 5.11 Å². The minimum absolute atomic E-state index is 0.0546. The Bertz CT molecular complexity index is 308. The maximum atomic E-state index is 11.7. The number of carbonyl (C=O) groups excluding carboxylic acids is 1. The highest BCUT2D eigenvalue weighted by Crippen LogP contribution is 2.40. The molecule has 0 atom stereocenters. The molecule has 90 valence electrons.